The minimum atomic E-state index is -0.531. The van der Waals surface area contributed by atoms with Crippen LogP contribution < -0.4 is 0 Å². The Labute approximate surface area is 78.8 Å². The highest BCUT2D eigenvalue weighted by molar-refractivity contribution is 5.94. The first-order valence-electron chi connectivity index (χ1n) is 4.13. The summed E-state index contributed by atoms with van der Waals surface area (Å²) in [5.74, 6) is -0.585. The van der Waals surface area contributed by atoms with Crippen LogP contribution in [0.3, 0.4) is 0 Å². The molecule has 0 amide bonds. The van der Waals surface area contributed by atoms with Crippen LogP contribution in [0.5, 0.6) is 0 Å². The van der Waals surface area contributed by atoms with Crippen LogP contribution in [0.4, 0.5) is 0 Å². The normalized spacial score (nSPS) is 10.8. The number of ether oxygens (including phenoxy) is 1. The molecule has 0 aromatic heterocycles. The van der Waals surface area contributed by atoms with Gasteiger partial charge in [-0.05, 0) is 27.7 Å². The van der Waals surface area contributed by atoms with Gasteiger partial charge in [0.15, 0.2) is 0 Å². The number of carbonyl (C=O) groups excluding carboxylic acids is 2. The van der Waals surface area contributed by atoms with E-state index in [-0.39, 0.29) is 17.8 Å². The third kappa shape index (κ3) is 6.08. The van der Waals surface area contributed by atoms with Crippen molar-refractivity contribution in [1.82, 2.24) is 0 Å². The molecule has 0 aliphatic carbocycles. The molecule has 0 radical (unpaired) electrons. The van der Waals surface area contributed by atoms with E-state index >= 15 is 0 Å². The predicted molar refractivity (Wildman–Crippen MR) is 50.3 cm³/mol. The van der Waals surface area contributed by atoms with E-state index in [2.05, 4.69) is 6.58 Å². The van der Waals surface area contributed by atoms with Gasteiger partial charge in [-0.2, -0.15) is 0 Å². The van der Waals surface area contributed by atoms with Gasteiger partial charge in [0.25, 0.3) is 0 Å². The molecule has 0 rings (SSSR count). The number of hydrogen-bond acceptors (Lipinski definition) is 3. The third-order valence-electron chi connectivity index (χ3n) is 1.15. The number of rotatable bonds is 3. The first kappa shape index (κ1) is 11.9. The highest BCUT2D eigenvalue weighted by Crippen LogP contribution is 2.11. The number of ketones is 1. The van der Waals surface area contributed by atoms with Crippen LogP contribution in [0.1, 0.15) is 34.1 Å². The Hall–Kier alpha value is -1.12. The lowest BCUT2D eigenvalue weighted by Gasteiger charge is -2.19. The monoisotopic (exact) mass is 184 g/mol. The first-order chi connectivity index (χ1) is 5.72. The van der Waals surface area contributed by atoms with Crippen molar-refractivity contribution in [1.29, 1.82) is 0 Å². The summed E-state index contributed by atoms with van der Waals surface area (Å²) in [4.78, 5) is 21.9. The van der Waals surface area contributed by atoms with Gasteiger partial charge in [0, 0.05) is 12.0 Å². The van der Waals surface area contributed by atoms with Gasteiger partial charge in [-0.15, -0.1) is 0 Å². The quantitative estimate of drug-likeness (QED) is 0.496. The van der Waals surface area contributed by atoms with Gasteiger partial charge >= 0.3 is 5.97 Å². The molecule has 0 heterocycles. The van der Waals surface area contributed by atoms with Crippen molar-refractivity contribution in [2.45, 2.75) is 39.7 Å². The molecule has 0 fully saturated rings. The molecule has 0 bridgehead atoms. The van der Waals surface area contributed by atoms with Crippen LogP contribution in [0.15, 0.2) is 12.2 Å². The summed E-state index contributed by atoms with van der Waals surface area (Å²) >= 11 is 0. The van der Waals surface area contributed by atoms with Crippen molar-refractivity contribution in [3.05, 3.63) is 12.2 Å². The Morgan fingerprint density at radius 2 is 1.77 bits per heavy atom. The molecule has 3 nitrogen and oxygen atoms in total. The average molecular weight is 184 g/mol. The summed E-state index contributed by atoms with van der Waals surface area (Å²) in [6.07, 6.45) is 0.0644. The maximum atomic E-state index is 11.2. The lowest BCUT2D eigenvalue weighted by Crippen LogP contribution is -2.25. The van der Waals surface area contributed by atoms with Gasteiger partial charge in [-0.1, -0.05) is 6.58 Å². The molecule has 0 aliphatic heterocycles. The number of hydrogen-bond donors (Lipinski definition) is 0. The summed E-state index contributed by atoms with van der Waals surface area (Å²) in [6.45, 7) is 10.2. The van der Waals surface area contributed by atoms with Gasteiger partial charge in [0.2, 0.25) is 0 Å². The van der Waals surface area contributed by atoms with Crippen molar-refractivity contribution in [3.8, 4) is 0 Å². The fourth-order valence-electron chi connectivity index (χ4n) is 0.723. The molecule has 0 aromatic carbocycles. The lowest BCUT2D eigenvalue weighted by atomic mass is 10.1. The zero-order valence-corrected chi connectivity index (χ0v) is 8.64. The van der Waals surface area contributed by atoms with E-state index in [1.54, 1.807) is 20.8 Å². The molecular weight excluding hydrogens is 168 g/mol. The average Bonchev–Trinajstić information content (AvgIpc) is 1.81. The lowest BCUT2D eigenvalue weighted by molar-refractivity contribution is -0.150. The van der Waals surface area contributed by atoms with Crippen molar-refractivity contribution in [2.24, 2.45) is 0 Å². The second-order valence-corrected chi connectivity index (χ2v) is 3.98. The van der Waals surface area contributed by atoms with E-state index in [1.807, 2.05) is 0 Å². The van der Waals surface area contributed by atoms with E-state index in [0.717, 1.165) is 0 Å². The second-order valence-electron chi connectivity index (χ2n) is 3.98. The predicted octanol–water partition coefficient (Wildman–Crippen LogP) is 1.86. The number of Topliss-reactive ketones (excluding diaryl/α,β-unsaturated/α-hetero) is 1. The standard InChI is InChI=1S/C10H16O3/c1-7(6-8(2)11)9(12)13-10(3,4)5/h1,6H2,2-5H3. The molecule has 0 N–H and O–H groups in total. The summed E-state index contributed by atoms with van der Waals surface area (Å²) in [5, 5.41) is 0. The van der Waals surface area contributed by atoms with E-state index in [1.165, 1.54) is 6.92 Å². The molecule has 74 valence electrons. The summed E-state index contributed by atoms with van der Waals surface area (Å²) in [7, 11) is 0. The number of carbonyl (C=O) groups is 2. The fraction of sp³-hybridized carbons (Fsp3) is 0.600. The largest absolute Gasteiger partial charge is 0.457 e. The Balaban J connectivity index is 4.13. The summed E-state index contributed by atoms with van der Waals surface area (Å²) in [5.41, 5.74) is -0.320. The molecule has 0 unspecified atom stereocenters. The van der Waals surface area contributed by atoms with Crippen molar-refractivity contribution < 1.29 is 14.3 Å². The topological polar surface area (TPSA) is 43.4 Å². The third-order valence-corrected chi connectivity index (χ3v) is 1.15. The maximum absolute atomic E-state index is 11.2. The van der Waals surface area contributed by atoms with Gasteiger partial charge in [0.05, 0.1) is 0 Å². The number of esters is 1. The van der Waals surface area contributed by atoms with Crippen LogP contribution in [0.25, 0.3) is 0 Å². The van der Waals surface area contributed by atoms with Gasteiger partial charge in [0.1, 0.15) is 11.4 Å². The van der Waals surface area contributed by atoms with Crippen LogP contribution >= 0.6 is 0 Å². The Morgan fingerprint density at radius 3 is 2.08 bits per heavy atom. The Morgan fingerprint density at radius 1 is 1.31 bits per heavy atom. The van der Waals surface area contributed by atoms with Gasteiger partial charge in [-0.25, -0.2) is 4.79 Å². The molecule has 0 saturated heterocycles. The Kier molecular flexibility index (Phi) is 3.85. The van der Waals surface area contributed by atoms with Crippen LogP contribution in [-0.2, 0) is 14.3 Å². The van der Waals surface area contributed by atoms with Gasteiger partial charge < -0.3 is 4.74 Å². The zero-order valence-electron chi connectivity index (χ0n) is 8.64. The van der Waals surface area contributed by atoms with Crippen molar-refractivity contribution in [2.75, 3.05) is 0 Å². The van der Waals surface area contributed by atoms with E-state index in [9.17, 15) is 9.59 Å². The molecule has 0 aromatic rings. The molecular formula is C10H16O3. The summed E-state index contributed by atoms with van der Waals surface area (Å²) in [6, 6.07) is 0. The van der Waals surface area contributed by atoms with Crippen molar-refractivity contribution in [3.63, 3.8) is 0 Å². The van der Waals surface area contributed by atoms with E-state index in [4.69, 9.17) is 4.74 Å². The van der Waals surface area contributed by atoms with E-state index in [0.29, 0.717) is 0 Å². The summed E-state index contributed by atoms with van der Waals surface area (Å²) < 4.78 is 5.01. The van der Waals surface area contributed by atoms with Crippen LogP contribution in [0.2, 0.25) is 0 Å². The van der Waals surface area contributed by atoms with E-state index < -0.39 is 11.6 Å². The maximum Gasteiger partial charge on any atom is 0.334 e. The van der Waals surface area contributed by atoms with Crippen molar-refractivity contribution >= 4 is 11.8 Å². The SMILES string of the molecule is C=C(CC(C)=O)C(=O)OC(C)(C)C. The molecule has 0 atom stereocenters. The zero-order chi connectivity index (χ0) is 10.6. The Bertz CT molecular complexity index is 233. The minimum Gasteiger partial charge on any atom is -0.457 e. The molecule has 13 heavy (non-hydrogen) atoms. The first-order valence-corrected chi connectivity index (χ1v) is 4.13. The van der Waals surface area contributed by atoms with Crippen LogP contribution in [0, 0.1) is 0 Å². The highest BCUT2D eigenvalue weighted by Gasteiger charge is 2.18. The van der Waals surface area contributed by atoms with Gasteiger partial charge in [-0.3, -0.25) is 4.79 Å². The highest BCUT2D eigenvalue weighted by atomic mass is 16.6. The smallest absolute Gasteiger partial charge is 0.334 e. The molecule has 0 aliphatic rings. The molecule has 3 heteroatoms. The molecule has 0 saturated carbocycles. The minimum absolute atomic E-state index is 0.0644. The molecule has 0 spiro atoms. The van der Waals surface area contributed by atoms with Crippen LogP contribution in [-0.4, -0.2) is 17.4 Å². The second kappa shape index (κ2) is 4.21. The fourth-order valence-corrected chi connectivity index (χ4v) is 0.723.